The molecule has 1 aliphatic rings. The summed E-state index contributed by atoms with van der Waals surface area (Å²) in [6.07, 6.45) is 1.59. The molecule has 19 heavy (non-hydrogen) atoms. The van der Waals surface area contributed by atoms with Gasteiger partial charge in [-0.3, -0.25) is 0 Å². The lowest BCUT2D eigenvalue weighted by Crippen LogP contribution is -2.15. The van der Waals surface area contributed by atoms with Crippen LogP contribution in [-0.4, -0.2) is 16.7 Å². The molecular weight excluding hydrogens is 275 g/mol. The van der Waals surface area contributed by atoms with Crippen LogP contribution in [0.2, 0.25) is 0 Å². The van der Waals surface area contributed by atoms with E-state index in [1.54, 1.807) is 0 Å². The lowest BCUT2D eigenvalue weighted by Gasteiger charge is -2.25. The lowest BCUT2D eigenvalue weighted by molar-refractivity contribution is -0.138. The van der Waals surface area contributed by atoms with Crippen LogP contribution in [0.15, 0.2) is 0 Å². The molecule has 1 N–H and O–H groups in total. The number of nitrogens with one attached hydrogen (secondary N) is 1. The zero-order valence-corrected chi connectivity index (χ0v) is 11.7. The Hall–Kier alpha value is -0.850. The van der Waals surface area contributed by atoms with E-state index in [0.29, 0.717) is 23.8 Å². The number of rotatable bonds is 4. The van der Waals surface area contributed by atoms with Gasteiger partial charge in [-0.2, -0.15) is 13.2 Å². The van der Waals surface area contributed by atoms with Gasteiger partial charge in [0.25, 0.3) is 0 Å². The van der Waals surface area contributed by atoms with E-state index in [1.165, 1.54) is 25.7 Å². The minimum Gasteiger partial charge on any atom is -0.360 e. The van der Waals surface area contributed by atoms with Crippen LogP contribution < -0.4 is 5.32 Å². The Balaban J connectivity index is 1.72. The molecule has 0 bridgehead atoms. The first-order valence-corrected chi connectivity index (χ1v) is 7.41. The Kier molecular flexibility index (Phi) is 4.65. The number of hydrogen-bond acceptors (Lipinski definition) is 4. The summed E-state index contributed by atoms with van der Waals surface area (Å²) in [5, 5.41) is 8.97. The number of alkyl halides is 3. The van der Waals surface area contributed by atoms with Crippen LogP contribution in [0.5, 0.6) is 0 Å². The van der Waals surface area contributed by atoms with E-state index in [4.69, 9.17) is 0 Å². The van der Waals surface area contributed by atoms with Gasteiger partial charge in [0.05, 0.1) is 0 Å². The van der Waals surface area contributed by atoms with Gasteiger partial charge >= 0.3 is 6.18 Å². The van der Waals surface area contributed by atoms with Gasteiger partial charge in [0, 0.05) is 6.54 Å². The van der Waals surface area contributed by atoms with E-state index in [0.717, 1.165) is 12.3 Å². The number of anilines is 1. The molecule has 0 unspecified atom stereocenters. The van der Waals surface area contributed by atoms with Gasteiger partial charge in [0.2, 0.25) is 10.1 Å². The van der Waals surface area contributed by atoms with E-state index in [2.05, 4.69) is 22.4 Å². The molecule has 1 aromatic heterocycles. The summed E-state index contributed by atoms with van der Waals surface area (Å²) in [5.74, 6) is 1.51. The van der Waals surface area contributed by atoms with E-state index in [-0.39, 0.29) is 5.13 Å². The predicted octanol–water partition coefficient (Wildman–Crippen LogP) is 4.19. The third-order valence-electron chi connectivity index (χ3n) is 3.63. The molecule has 0 radical (unpaired) electrons. The second-order valence-corrected chi connectivity index (χ2v) is 6.23. The highest BCUT2D eigenvalue weighted by molar-refractivity contribution is 7.15. The molecule has 108 valence electrons. The molecule has 1 saturated carbocycles. The Morgan fingerprint density at radius 2 is 1.89 bits per heavy atom. The molecular formula is C12H18F3N3S. The van der Waals surface area contributed by atoms with Gasteiger partial charge in [-0.1, -0.05) is 43.9 Å². The van der Waals surface area contributed by atoms with Crippen LogP contribution in [0, 0.1) is 11.8 Å². The molecule has 0 atom stereocenters. The third-order valence-corrected chi connectivity index (χ3v) is 4.56. The summed E-state index contributed by atoms with van der Waals surface area (Å²) in [7, 11) is 0. The highest BCUT2D eigenvalue weighted by Gasteiger charge is 2.35. The van der Waals surface area contributed by atoms with Crippen molar-refractivity contribution in [1.82, 2.24) is 10.2 Å². The molecule has 0 amide bonds. The van der Waals surface area contributed by atoms with E-state index in [9.17, 15) is 13.2 Å². The quantitative estimate of drug-likeness (QED) is 0.904. The largest absolute Gasteiger partial charge is 0.445 e. The first-order chi connectivity index (χ1) is 8.95. The van der Waals surface area contributed by atoms with Crippen molar-refractivity contribution < 1.29 is 13.2 Å². The summed E-state index contributed by atoms with van der Waals surface area (Å²) in [6, 6.07) is 0. The maximum absolute atomic E-state index is 12.3. The van der Waals surface area contributed by atoms with Gasteiger partial charge in [0.1, 0.15) is 0 Å². The summed E-state index contributed by atoms with van der Waals surface area (Å²) < 4.78 is 37.0. The van der Waals surface area contributed by atoms with Crippen LogP contribution >= 0.6 is 11.3 Å². The topological polar surface area (TPSA) is 37.8 Å². The fourth-order valence-corrected chi connectivity index (χ4v) is 3.05. The fraction of sp³-hybridized carbons (Fsp3) is 0.833. The Morgan fingerprint density at radius 1 is 1.21 bits per heavy atom. The van der Waals surface area contributed by atoms with Crippen LogP contribution in [-0.2, 0) is 6.18 Å². The van der Waals surface area contributed by atoms with E-state index >= 15 is 0 Å². The monoisotopic (exact) mass is 293 g/mol. The molecule has 1 aliphatic carbocycles. The van der Waals surface area contributed by atoms with Crippen molar-refractivity contribution in [3.8, 4) is 0 Å². The summed E-state index contributed by atoms with van der Waals surface area (Å²) >= 11 is 0.568. The average Bonchev–Trinajstić information content (AvgIpc) is 2.80. The average molecular weight is 293 g/mol. The van der Waals surface area contributed by atoms with Crippen LogP contribution in [0.4, 0.5) is 18.3 Å². The molecule has 0 aliphatic heterocycles. The molecule has 7 heteroatoms. The second-order valence-electron chi connectivity index (χ2n) is 5.25. The molecule has 0 saturated heterocycles. The molecule has 1 aromatic rings. The standard InChI is InChI=1S/C12H18F3N3S/c1-8-2-4-9(5-3-8)6-7-16-11-18-17-10(19-11)12(13,14)15/h8-9H,2-7H2,1H3,(H,16,18). The summed E-state index contributed by atoms with van der Waals surface area (Å²) in [4.78, 5) is 0. The van der Waals surface area contributed by atoms with Gasteiger partial charge in [-0.25, -0.2) is 0 Å². The van der Waals surface area contributed by atoms with Crippen LogP contribution in [0.1, 0.15) is 44.0 Å². The zero-order valence-electron chi connectivity index (χ0n) is 10.8. The molecule has 1 fully saturated rings. The van der Waals surface area contributed by atoms with Crippen molar-refractivity contribution in [3.05, 3.63) is 5.01 Å². The minimum absolute atomic E-state index is 0.261. The smallest absolute Gasteiger partial charge is 0.360 e. The Morgan fingerprint density at radius 3 is 2.47 bits per heavy atom. The molecule has 1 heterocycles. The van der Waals surface area contributed by atoms with Gasteiger partial charge in [-0.05, 0) is 18.3 Å². The summed E-state index contributed by atoms with van der Waals surface area (Å²) in [6.45, 7) is 2.94. The lowest BCUT2D eigenvalue weighted by atomic mass is 9.81. The van der Waals surface area contributed by atoms with Gasteiger partial charge in [0.15, 0.2) is 0 Å². The number of hydrogen-bond donors (Lipinski definition) is 1. The van der Waals surface area contributed by atoms with Crippen molar-refractivity contribution in [3.63, 3.8) is 0 Å². The van der Waals surface area contributed by atoms with Gasteiger partial charge < -0.3 is 5.32 Å². The highest BCUT2D eigenvalue weighted by atomic mass is 32.1. The first kappa shape index (κ1) is 14.6. The predicted molar refractivity (Wildman–Crippen MR) is 69.1 cm³/mol. The molecule has 3 nitrogen and oxygen atoms in total. The van der Waals surface area contributed by atoms with E-state index in [1.807, 2.05) is 0 Å². The highest BCUT2D eigenvalue weighted by Crippen LogP contribution is 2.33. The number of nitrogens with zero attached hydrogens (tertiary/aromatic N) is 2. The third kappa shape index (κ3) is 4.33. The van der Waals surface area contributed by atoms with Crippen molar-refractivity contribution in [1.29, 1.82) is 0 Å². The van der Waals surface area contributed by atoms with Crippen molar-refractivity contribution in [2.45, 2.75) is 45.2 Å². The number of aromatic nitrogens is 2. The summed E-state index contributed by atoms with van der Waals surface area (Å²) in [5.41, 5.74) is 0. The molecule has 2 rings (SSSR count). The van der Waals surface area contributed by atoms with Crippen molar-refractivity contribution in [2.75, 3.05) is 11.9 Å². The number of halogens is 3. The minimum atomic E-state index is -4.39. The maximum atomic E-state index is 12.3. The van der Waals surface area contributed by atoms with Crippen molar-refractivity contribution >= 4 is 16.5 Å². The van der Waals surface area contributed by atoms with Crippen LogP contribution in [0.3, 0.4) is 0 Å². The van der Waals surface area contributed by atoms with Crippen molar-refractivity contribution in [2.24, 2.45) is 11.8 Å². The molecule has 0 spiro atoms. The van der Waals surface area contributed by atoms with Crippen LogP contribution in [0.25, 0.3) is 0 Å². The second kappa shape index (κ2) is 6.07. The first-order valence-electron chi connectivity index (χ1n) is 6.59. The normalized spacial score (nSPS) is 24.4. The Bertz CT molecular complexity index is 397. The fourth-order valence-electron chi connectivity index (χ4n) is 2.41. The zero-order chi connectivity index (χ0) is 13.9. The van der Waals surface area contributed by atoms with E-state index < -0.39 is 11.2 Å². The maximum Gasteiger partial charge on any atom is 0.445 e. The van der Waals surface area contributed by atoms with Gasteiger partial charge in [-0.15, -0.1) is 10.2 Å². The SMILES string of the molecule is CC1CCC(CCNc2nnc(C(F)(F)F)s2)CC1. The Labute approximate surface area is 114 Å². The molecule has 0 aromatic carbocycles.